The zero-order valence-corrected chi connectivity index (χ0v) is 10.2. The first-order valence-corrected chi connectivity index (χ1v) is 6.21. The van der Waals surface area contributed by atoms with Crippen molar-refractivity contribution < 1.29 is 5.11 Å². The highest BCUT2D eigenvalue weighted by molar-refractivity contribution is 7.09. The molecular formula is C11H15N3OS. The van der Waals surface area contributed by atoms with Crippen LogP contribution in [0.25, 0.3) is 0 Å². The van der Waals surface area contributed by atoms with Gasteiger partial charge in [-0.2, -0.15) is 5.10 Å². The van der Waals surface area contributed by atoms with E-state index in [1.165, 1.54) is 11.3 Å². The molecule has 0 amide bonds. The van der Waals surface area contributed by atoms with E-state index in [1.54, 1.807) is 11.7 Å². The second-order valence-electron chi connectivity index (χ2n) is 3.68. The molecule has 4 nitrogen and oxygen atoms in total. The smallest absolute Gasteiger partial charge is 0.132 e. The first-order valence-electron chi connectivity index (χ1n) is 5.33. The van der Waals surface area contributed by atoms with Gasteiger partial charge in [0.2, 0.25) is 0 Å². The standard InChI is InChI=1S/C11H15N3OS/c1-3-6-14-9(4-5-13-14)10(15)11-8(2)12-7-16-11/h4-5,7,10,15H,3,6H2,1-2H3. The molecule has 0 saturated heterocycles. The van der Waals surface area contributed by atoms with Gasteiger partial charge in [-0.25, -0.2) is 4.98 Å². The van der Waals surface area contributed by atoms with Crippen molar-refractivity contribution in [3.05, 3.63) is 34.0 Å². The van der Waals surface area contributed by atoms with E-state index in [1.807, 2.05) is 17.7 Å². The predicted molar refractivity (Wildman–Crippen MR) is 63.4 cm³/mol. The number of hydrogen-bond acceptors (Lipinski definition) is 4. The highest BCUT2D eigenvalue weighted by Crippen LogP contribution is 2.27. The number of hydrogen-bond donors (Lipinski definition) is 1. The Morgan fingerprint density at radius 3 is 3.00 bits per heavy atom. The van der Waals surface area contributed by atoms with E-state index in [2.05, 4.69) is 17.0 Å². The number of nitrogens with zero attached hydrogens (tertiary/aromatic N) is 3. The Balaban J connectivity index is 2.30. The normalized spacial score (nSPS) is 12.9. The minimum absolute atomic E-state index is 0.610. The SMILES string of the molecule is CCCn1nccc1C(O)c1scnc1C. The van der Waals surface area contributed by atoms with Crippen LogP contribution in [0.3, 0.4) is 0 Å². The molecule has 16 heavy (non-hydrogen) atoms. The minimum atomic E-state index is -0.610. The molecule has 86 valence electrons. The highest BCUT2D eigenvalue weighted by atomic mass is 32.1. The molecular weight excluding hydrogens is 222 g/mol. The number of aromatic nitrogens is 3. The second-order valence-corrected chi connectivity index (χ2v) is 4.57. The van der Waals surface area contributed by atoms with Gasteiger partial charge in [-0.05, 0) is 19.4 Å². The van der Waals surface area contributed by atoms with Gasteiger partial charge in [0.1, 0.15) is 6.10 Å². The van der Waals surface area contributed by atoms with E-state index in [0.29, 0.717) is 0 Å². The van der Waals surface area contributed by atoms with Gasteiger partial charge in [-0.3, -0.25) is 4.68 Å². The Hall–Kier alpha value is -1.20. The molecule has 5 heteroatoms. The lowest BCUT2D eigenvalue weighted by molar-refractivity contribution is 0.210. The Morgan fingerprint density at radius 2 is 2.38 bits per heavy atom. The van der Waals surface area contributed by atoms with E-state index in [0.717, 1.165) is 29.2 Å². The van der Waals surface area contributed by atoms with Gasteiger partial charge >= 0.3 is 0 Å². The number of aliphatic hydroxyl groups is 1. The summed E-state index contributed by atoms with van der Waals surface area (Å²) in [5, 5.41) is 14.5. The fourth-order valence-electron chi connectivity index (χ4n) is 1.68. The van der Waals surface area contributed by atoms with Crippen molar-refractivity contribution in [2.45, 2.75) is 32.9 Å². The van der Waals surface area contributed by atoms with Crippen LogP contribution in [-0.4, -0.2) is 19.9 Å². The zero-order valence-electron chi connectivity index (χ0n) is 9.42. The van der Waals surface area contributed by atoms with Crippen LogP contribution in [0.1, 0.15) is 35.7 Å². The predicted octanol–water partition coefficient (Wildman–Crippen LogP) is 2.14. The third-order valence-electron chi connectivity index (χ3n) is 2.50. The fourth-order valence-corrected chi connectivity index (χ4v) is 2.48. The van der Waals surface area contributed by atoms with Crippen molar-refractivity contribution in [1.29, 1.82) is 0 Å². The molecule has 0 aromatic carbocycles. The van der Waals surface area contributed by atoms with Gasteiger partial charge in [0.05, 0.1) is 21.8 Å². The highest BCUT2D eigenvalue weighted by Gasteiger charge is 2.18. The molecule has 0 spiro atoms. The van der Waals surface area contributed by atoms with Gasteiger partial charge in [0, 0.05) is 12.7 Å². The molecule has 0 bridgehead atoms. The molecule has 2 heterocycles. The lowest BCUT2D eigenvalue weighted by Gasteiger charge is -2.11. The van der Waals surface area contributed by atoms with Crippen molar-refractivity contribution >= 4 is 11.3 Å². The van der Waals surface area contributed by atoms with Crippen LogP contribution in [0, 0.1) is 6.92 Å². The molecule has 0 fully saturated rings. The zero-order chi connectivity index (χ0) is 11.5. The molecule has 0 aliphatic rings. The van der Waals surface area contributed by atoms with Crippen LogP contribution < -0.4 is 0 Å². The van der Waals surface area contributed by atoms with Gasteiger partial charge in [0.25, 0.3) is 0 Å². The molecule has 0 aliphatic carbocycles. The number of aliphatic hydroxyl groups excluding tert-OH is 1. The monoisotopic (exact) mass is 237 g/mol. The maximum Gasteiger partial charge on any atom is 0.132 e. The van der Waals surface area contributed by atoms with E-state index >= 15 is 0 Å². The summed E-state index contributed by atoms with van der Waals surface area (Å²) in [5.41, 5.74) is 3.49. The van der Waals surface area contributed by atoms with E-state index in [9.17, 15) is 5.11 Å². The number of rotatable bonds is 4. The molecule has 0 aliphatic heterocycles. The van der Waals surface area contributed by atoms with Gasteiger partial charge in [-0.15, -0.1) is 11.3 Å². The van der Waals surface area contributed by atoms with Crippen molar-refractivity contribution in [3.63, 3.8) is 0 Å². The van der Waals surface area contributed by atoms with E-state index < -0.39 is 6.10 Å². The first kappa shape index (κ1) is 11.3. The average Bonchev–Trinajstić information content (AvgIpc) is 2.87. The van der Waals surface area contributed by atoms with Crippen LogP contribution in [-0.2, 0) is 6.54 Å². The summed E-state index contributed by atoms with van der Waals surface area (Å²) in [4.78, 5) is 5.05. The van der Waals surface area contributed by atoms with Crippen LogP contribution in [0.4, 0.5) is 0 Å². The molecule has 1 N–H and O–H groups in total. The molecule has 0 radical (unpaired) electrons. The summed E-state index contributed by atoms with van der Waals surface area (Å²) in [6.07, 6.45) is 2.12. The number of aryl methyl sites for hydroxylation is 2. The lowest BCUT2D eigenvalue weighted by Crippen LogP contribution is -2.09. The Kier molecular flexibility index (Phi) is 3.36. The van der Waals surface area contributed by atoms with Crippen LogP contribution in [0.15, 0.2) is 17.8 Å². The quantitative estimate of drug-likeness (QED) is 0.886. The van der Waals surface area contributed by atoms with Crippen molar-refractivity contribution in [3.8, 4) is 0 Å². The van der Waals surface area contributed by atoms with E-state index in [-0.39, 0.29) is 0 Å². The molecule has 0 saturated carbocycles. The molecule has 2 aromatic rings. The summed E-state index contributed by atoms with van der Waals surface area (Å²) in [7, 11) is 0. The Labute approximate surface area is 98.6 Å². The largest absolute Gasteiger partial charge is 0.381 e. The summed E-state index contributed by atoms with van der Waals surface area (Å²) < 4.78 is 1.85. The third-order valence-corrected chi connectivity index (χ3v) is 3.48. The molecule has 2 rings (SSSR count). The average molecular weight is 237 g/mol. The maximum atomic E-state index is 10.3. The fraction of sp³-hybridized carbons (Fsp3) is 0.455. The van der Waals surface area contributed by atoms with Crippen LogP contribution in [0.5, 0.6) is 0 Å². The van der Waals surface area contributed by atoms with Crippen LogP contribution >= 0.6 is 11.3 Å². The third kappa shape index (κ3) is 2.01. The Morgan fingerprint density at radius 1 is 1.56 bits per heavy atom. The first-order chi connectivity index (χ1) is 7.74. The summed E-state index contributed by atoms with van der Waals surface area (Å²) in [6, 6.07) is 1.86. The van der Waals surface area contributed by atoms with E-state index in [4.69, 9.17) is 0 Å². The summed E-state index contributed by atoms with van der Waals surface area (Å²) in [5.74, 6) is 0. The van der Waals surface area contributed by atoms with Gasteiger partial charge < -0.3 is 5.11 Å². The summed E-state index contributed by atoms with van der Waals surface area (Å²) >= 11 is 1.48. The topological polar surface area (TPSA) is 50.9 Å². The summed E-state index contributed by atoms with van der Waals surface area (Å²) in [6.45, 7) is 4.84. The van der Waals surface area contributed by atoms with Crippen molar-refractivity contribution in [1.82, 2.24) is 14.8 Å². The van der Waals surface area contributed by atoms with Crippen molar-refractivity contribution in [2.75, 3.05) is 0 Å². The second kappa shape index (κ2) is 4.76. The number of thiazole rings is 1. The molecule has 2 aromatic heterocycles. The van der Waals surface area contributed by atoms with Crippen molar-refractivity contribution in [2.24, 2.45) is 0 Å². The maximum absolute atomic E-state index is 10.3. The lowest BCUT2D eigenvalue weighted by atomic mass is 10.2. The van der Waals surface area contributed by atoms with Gasteiger partial charge in [-0.1, -0.05) is 6.92 Å². The molecule has 1 atom stereocenters. The minimum Gasteiger partial charge on any atom is -0.381 e. The van der Waals surface area contributed by atoms with Crippen LogP contribution in [0.2, 0.25) is 0 Å². The Bertz CT molecular complexity index is 463. The molecule has 1 unspecified atom stereocenters. The van der Waals surface area contributed by atoms with Gasteiger partial charge in [0.15, 0.2) is 0 Å².